The summed E-state index contributed by atoms with van der Waals surface area (Å²) in [5.41, 5.74) is 5.97. The minimum absolute atomic E-state index is 0.0467. The van der Waals surface area contributed by atoms with Gasteiger partial charge in [-0.3, -0.25) is 0 Å². The van der Waals surface area contributed by atoms with Crippen LogP contribution in [0.2, 0.25) is 0 Å². The van der Waals surface area contributed by atoms with Gasteiger partial charge in [0.1, 0.15) is 11.4 Å². The van der Waals surface area contributed by atoms with Gasteiger partial charge in [0.2, 0.25) is 5.88 Å². The molecule has 0 fully saturated rings. The van der Waals surface area contributed by atoms with E-state index in [1.807, 2.05) is 0 Å². The minimum Gasteiger partial charge on any atom is -0.477 e. The molecule has 0 aliphatic heterocycles. The first-order chi connectivity index (χ1) is 8.62. The molecule has 0 bridgehead atoms. The smallest absolute Gasteiger partial charge is 0.228 e. The van der Waals surface area contributed by atoms with Crippen LogP contribution in [0.5, 0.6) is 5.88 Å². The molecule has 0 aliphatic rings. The van der Waals surface area contributed by atoms with Crippen LogP contribution >= 0.6 is 0 Å². The monoisotopic (exact) mass is 252 g/mol. The maximum atomic E-state index is 8.70. The second-order valence-electron chi connectivity index (χ2n) is 4.11. The maximum absolute atomic E-state index is 8.70. The van der Waals surface area contributed by atoms with Crippen LogP contribution < -0.4 is 10.5 Å². The van der Waals surface area contributed by atoms with Gasteiger partial charge in [0.05, 0.1) is 6.61 Å². The van der Waals surface area contributed by atoms with Crippen molar-refractivity contribution in [2.24, 2.45) is 16.8 Å². The Balaban J connectivity index is 2.89. The van der Waals surface area contributed by atoms with E-state index in [9.17, 15) is 0 Å². The Kier molecular flexibility index (Phi) is 5.35. The molecular formula is C12H20N4O2. The van der Waals surface area contributed by atoms with Gasteiger partial charge in [-0.25, -0.2) is 4.98 Å². The van der Waals surface area contributed by atoms with Gasteiger partial charge in [-0.1, -0.05) is 31.8 Å². The normalized spacial score (nSPS) is 11.9. The van der Waals surface area contributed by atoms with Crippen molar-refractivity contribution in [1.82, 2.24) is 9.97 Å². The number of amidine groups is 1. The average molecular weight is 252 g/mol. The van der Waals surface area contributed by atoms with E-state index in [0.29, 0.717) is 29.8 Å². The molecule has 0 unspecified atom stereocenters. The first-order valence-electron chi connectivity index (χ1n) is 6.06. The Morgan fingerprint density at radius 2 is 2.17 bits per heavy atom. The zero-order chi connectivity index (χ0) is 13.5. The predicted octanol–water partition coefficient (Wildman–Crippen LogP) is 1.69. The van der Waals surface area contributed by atoms with E-state index >= 15 is 0 Å². The fourth-order valence-electron chi connectivity index (χ4n) is 1.51. The van der Waals surface area contributed by atoms with E-state index in [1.165, 1.54) is 6.20 Å². The summed E-state index contributed by atoms with van der Waals surface area (Å²) in [6.07, 6.45) is 3.58. The lowest BCUT2D eigenvalue weighted by atomic mass is 10.1. The Labute approximate surface area is 107 Å². The molecule has 3 N–H and O–H groups in total. The third kappa shape index (κ3) is 3.58. The maximum Gasteiger partial charge on any atom is 0.228 e. The van der Waals surface area contributed by atoms with Gasteiger partial charge in [0.15, 0.2) is 5.84 Å². The van der Waals surface area contributed by atoms with Crippen molar-refractivity contribution >= 4 is 5.84 Å². The van der Waals surface area contributed by atoms with Crippen molar-refractivity contribution in [3.05, 3.63) is 17.6 Å². The van der Waals surface area contributed by atoms with Crippen molar-refractivity contribution in [1.29, 1.82) is 0 Å². The molecule has 6 nitrogen and oxygen atoms in total. The molecule has 0 saturated heterocycles. The highest BCUT2D eigenvalue weighted by atomic mass is 16.5. The molecule has 0 spiro atoms. The van der Waals surface area contributed by atoms with E-state index in [1.54, 1.807) is 6.92 Å². The van der Waals surface area contributed by atoms with Crippen LogP contribution in [0.25, 0.3) is 0 Å². The Bertz CT molecular complexity index is 417. The molecule has 1 rings (SSSR count). The van der Waals surface area contributed by atoms with Gasteiger partial charge >= 0.3 is 0 Å². The van der Waals surface area contributed by atoms with Crippen LogP contribution in [0.3, 0.4) is 0 Å². The van der Waals surface area contributed by atoms with E-state index in [4.69, 9.17) is 15.7 Å². The van der Waals surface area contributed by atoms with Crippen molar-refractivity contribution in [2.45, 2.75) is 33.6 Å². The SMILES string of the molecule is CCC(CC)COc1nc(C)ncc1C(N)=NO. The zero-order valence-electron chi connectivity index (χ0n) is 11.1. The number of aromatic nitrogens is 2. The van der Waals surface area contributed by atoms with Crippen LogP contribution in [-0.4, -0.2) is 27.6 Å². The van der Waals surface area contributed by atoms with Gasteiger partial charge in [0, 0.05) is 6.20 Å². The quantitative estimate of drug-likeness (QED) is 0.348. The summed E-state index contributed by atoms with van der Waals surface area (Å²) in [7, 11) is 0. The topological polar surface area (TPSA) is 93.6 Å². The highest BCUT2D eigenvalue weighted by Crippen LogP contribution is 2.17. The van der Waals surface area contributed by atoms with Gasteiger partial charge in [-0.15, -0.1) is 0 Å². The summed E-state index contributed by atoms with van der Waals surface area (Å²) in [5, 5.41) is 11.7. The highest BCUT2D eigenvalue weighted by molar-refractivity contribution is 5.98. The number of nitrogens with zero attached hydrogens (tertiary/aromatic N) is 3. The molecule has 1 heterocycles. The Morgan fingerprint density at radius 3 is 2.72 bits per heavy atom. The van der Waals surface area contributed by atoms with Crippen molar-refractivity contribution in [2.75, 3.05) is 6.61 Å². The largest absolute Gasteiger partial charge is 0.477 e. The van der Waals surface area contributed by atoms with Gasteiger partial charge in [-0.05, 0) is 12.8 Å². The fourth-order valence-corrected chi connectivity index (χ4v) is 1.51. The summed E-state index contributed by atoms with van der Waals surface area (Å²) in [6.45, 7) is 6.57. The van der Waals surface area contributed by atoms with Crippen LogP contribution in [0.1, 0.15) is 38.1 Å². The second-order valence-corrected chi connectivity index (χ2v) is 4.11. The van der Waals surface area contributed by atoms with E-state index < -0.39 is 0 Å². The third-order valence-corrected chi connectivity index (χ3v) is 2.87. The molecule has 0 saturated carbocycles. The minimum atomic E-state index is -0.0467. The number of oxime groups is 1. The molecule has 0 aliphatic carbocycles. The van der Waals surface area contributed by atoms with E-state index in [2.05, 4.69) is 29.0 Å². The molecule has 0 atom stereocenters. The fraction of sp³-hybridized carbons (Fsp3) is 0.583. The summed E-state index contributed by atoms with van der Waals surface area (Å²) in [4.78, 5) is 8.19. The van der Waals surface area contributed by atoms with Crippen molar-refractivity contribution in [3.63, 3.8) is 0 Å². The predicted molar refractivity (Wildman–Crippen MR) is 68.8 cm³/mol. The molecule has 100 valence electrons. The molecule has 1 aromatic rings. The average Bonchev–Trinajstić information content (AvgIpc) is 2.39. The lowest BCUT2D eigenvalue weighted by molar-refractivity contribution is 0.231. The van der Waals surface area contributed by atoms with E-state index in [-0.39, 0.29) is 5.84 Å². The summed E-state index contributed by atoms with van der Waals surface area (Å²) in [6, 6.07) is 0. The Hall–Kier alpha value is -1.85. The first kappa shape index (κ1) is 14.2. The molecule has 0 amide bonds. The molecule has 0 aromatic carbocycles. The number of aryl methyl sites for hydroxylation is 1. The zero-order valence-corrected chi connectivity index (χ0v) is 11.1. The molecule has 6 heteroatoms. The second kappa shape index (κ2) is 6.78. The van der Waals surface area contributed by atoms with Crippen LogP contribution in [0, 0.1) is 12.8 Å². The molecule has 18 heavy (non-hydrogen) atoms. The Morgan fingerprint density at radius 1 is 1.50 bits per heavy atom. The number of nitrogens with two attached hydrogens (primary N) is 1. The standard InChI is InChI=1S/C12H20N4O2/c1-4-9(5-2)7-18-12-10(11(13)16-17)6-14-8(3)15-12/h6,9,17H,4-5,7H2,1-3H3,(H2,13,16). The summed E-state index contributed by atoms with van der Waals surface area (Å²) >= 11 is 0. The lowest BCUT2D eigenvalue weighted by Crippen LogP contribution is -2.19. The number of rotatable bonds is 6. The van der Waals surface area contributed by atoms with Gasteiger partial charge in [-0.2, -0.15) is 4.98 Å². The van der Waals surface area contributed by atoms with Crippen LogP contribution in [0.15, 0.2) is 11.4 Å². The van der Waals surface area contributed by atoms with Gasteiger partial charge in [0.25, 0.3) is 0 Å². The third-order valence-electron chi connectivity index (χ3n) is 2.87. The molecular weight excluding hydrogens is 232 g/mol. The van der Waals surface area contributed by atoms with Gasteiger partial charge < -0.3 is 15.7 Å². The molecule has 0 radical (unpaired) electrons. The lowest BCUT2D eigenvalue weighted by Gasteiger charge is -2.15. The summed E-state index contributed by atoms with van der Waals surface area (Å²) < 4.78 is 5.66. The van der Waals surface area contributed by atoms with Crippen molar-refractivity contribution in [3.8, 4) is 5.88 Å². The number of hydrogen-bond acceptors (Lipinski definition) is 5. The molecule has 1 aromatic heterocycles. The van der Waals surface area contributed by atoms with Crippen LogP contribution in [-0.2, 0) is 0 Å². The van der Waals surface area contributed by atoms with Crippen LogP contribution in [0.4, 0.5) is 0 Å². The van der Waals surface area contributed by atoms with Crippen molar-refractivity contribution < 1.29 is 9.94 Å². The number of ether oxygens (including phenoxy) is 1. The first-order valence-corrected chi connectivity index (χ1v) is 6.06. The van der Waals surface area contributed by atoms with E-state index in [0.717, 1.165) is 12.8 Å². The highest BCUT2D eigenvalue weighted by Gasteiger charge is 2.13. The summed E-state index contributed by atoms with van der Waals surface area (Å²) in [5.74, 6) is 1.38. The number of hydrogen-bond donors (Lipinski definition) is 2.